The summed E-state index contributed by atoms with van der Waals surface area (Å²) >= 11 is 0. The summed E-state index contributed by atoms with van der Waals surface area (Å²) in [7, 11) is 0. The highest BCUT2D eigenvalue weighted by atomic mass is 16.3. The summed E-state index contributed by atoms with van der Waals surface area (Å²) in [6.07, 6.45) is 7.27. The molecular formula is C19H24N4O. The van der Waals surface area contributed by atoms with Crippen LogP contribution < -0.4 is 0 Å². The van der Waals surface area contributed by atoms with Crippen molar-refractivity contribution < 1.29 is 4.42 Å². The zero-order valence-electron chi connectivity index (χ0n) is 14.5. The van der Waals surface area contributed by atoms with Crippen molar-refractivity contribution in [2.75, 3.05) is 0 Å². The van der Waals surface area contributed by atoms with Gasteiger partial charge >= 0.3 is 0 Å². The summed E-state index contributed by atoms with van der Waals surface area (Å²) in [5.41, 5.74) is 1.17. The first-order chi connectivity index (χ1) is 11.6. The van der Waals surface area contributed by atoms with Crippen molar-refractivity contribution in [3.8, 4) is 5.95 Å². The third kappa shape index (κ3) is 3.74. The van der Waals surface area contributed by atoms with Gasteiger partial charge in [-0.15, -0.1) is 0 Å². The standard InChI is InChI=1S/C19H24N4O/c1-15(2)16(3)22(14-18-8-5-12-24-18)13-17-7-4-11-23(17)19-20-9-6-10-21-19/h4-12,15-16H,13-14H2,1-3H3. The summed E-state index contributed by atoms with van der Waals surface area (Å²) in [5, 5.41) is 0. The maximum absolute atomic E-state index is 5.55. The van der Waals surface area contributed by atoms with Crippen LogP contribution in [0.4, 0.5) is 0 Å². The maximum atomic E-state index is 5.55. The lowest BCUT2D eigenvalue weighted by molar-refractivity contribution is 0.138. The largest absolute Gasteiger partial charge is 0.468 e. The zero-order chi connectivity index (χ0) is 16.9. The van der Waals surface area contributed by atoms with E-state index in [1.807, 2.05) is 35.0 Å². The molecule has 0 aromatic carbocycles. The molecule has 0 radical (unpaired) electrons. The van der Waals surface area contributed by atoms with Crippen LogP contribution in [0.5, 0.6) is 0 Å². The molecule has 1 atom stereocenters. The van der Waals surface area contributed by atoms with Crippen LogP contribution in [0.1, 0.15) is 32.2 Å². The molecule has 0 N–H and O–H groups in total. The van der Waals surface area contributed by atoms with Crippen molar-refractivity contribution in [2.24, 2.45) is 5.92 Å². The topological polar surface area (TPSA) is 47.1 Å². The number of aromatic nitrogens is 3. The van der Waals surface area contributed by atoms with E-state index in [2.05, 4.69) is 41.7 Å². The van der Waals surface area contributed by atoms with Gasteiger partial charge in [-0.05, 0) is 43.2 Å². The molecule has 1 unspecified atom stereocenters. The molecule has 0 aliphatic carbocycles. The molecule has 0 spiro atoms. The average molecular weight is 324 g/mol. The van der Waals surface area contributed by atoms with Crippen LogP contribution in [-0.4, -0.2) is 25.5 Å². The first-order valence-electron chi connectivity index (χ1n) is 8.35. The Morgan fingerprint density at radius 1 is 1.04 bits per heavy atom. The van der Waals surface area contributed by atoms with E-state index >= 15 is 0 Å². The lowest BCUT2D eigenvalue weighted by atomic mass is 10.0. The van der Waals surface area contributed by atoms with Gasteiger partial charge in [0.2, 0.25) is 5.95 Å². The van der Waals surface area contributed by atoms with Crippen LogP contribution in [0, 0.1) is 5.92 Å². The highest BCUT2D eigenvalue weighted by Gasteiger charge is 2.20. The van der Waals surface area contributed by atoms with Crippen LogP contribution in [0.2, 0.25) is 0 Å². The molecule has 5 nitrogen and oxygen atoms in total. The Kier molecular flexibility index (Phi) is 5.11. The molecule has 0 bridgehead atoms. The summed E-state index contributed by atoms with van der Waals surface area (Å²) in [6.45, 7) is 8.36. The van der Waals surface area contributed by atoms with Gasteiger partial charge in [0.1, 0.15) is 5.76 Å². The van der Waals surface area contributed by atoms with E-state index in [9.17, 15) is 0 Å². The van der Waals surface area contributed by atoms with E-state index in [-0.39, 0.29) is 0 Å². The smallest absolute Gasteiger partial charge is 0.233 e. The number of hydrogen-bond donors (Lipinski definition) is 0. The average Bonchev–Trinajstić information content (AvgIpc) is 3.26. The van der Waals surface area contributed by atoms with Gasteiger partial charge in [-0.2, -0.15) is 0 Å². The molecule has 3 rings (SSSR count). The van der Waals surface area contributed by atoms with Crippen LogP contribution >= 0.6 is 0 Å². The van der Waals surface area contributed by atoms with E-state index in [1.165, 1.54) is 5.69 Å². The fourth-order valence-corrected chi connectivity index (χ4v) is 2.73. The van der Waals surface area contributed by atoms with E-state index in [0.717, 1.165) is 18.8 Å². The normalized spacial score (nSPS) is 12.9. The number of hydrogen-bond acceptors (Lipinski definition) is 4. The van der Waals surface area contributed by atoms with Crippen LogP contribution in [0.3, 0.4) is 0 Å². The molecule has 3 aromatic heterocycles. The molecule has 0 amide bonds. The first-order valence-corrected chi connectivity index (χ1v) is 8.35. The monoisotopic (exact) mass is 324 g/mol. The molecule has 126 valence electrons. The Bertz CT molecular complexity index is 734. The lowest BCUT2D eigenvalue weighted by Gasteiger charge is -2.31. The molecule has 0 saturated heterocycles. The maximum Gasteiger partial charge on any atom is 0.233 e. The van der Waals surface area contributed by atoms with Gasteiger partial charge in [0.05, 0.1) is 12.8 Å². The molecule has 0 aliphatic heterocycles. The van der Waals surface area contributed by atoms with Gasteiger partial charge < -0.3 is 4.42 Å². The molecular weight excluding hydrogens is 300 g/mol. The summed E-state index contributed by atoms with van der Waals surface area (Å²) < 4.78 is 7.60. The lowest BCUT2D eigenvalue weighted by Crippen LogP contribution is -2.36. The Morgan fingerprint density at radius 2 is 1.83 bits per heavy atom. The highest BCUT2D eigenvalue weighted by Crippen LogP contribution is 2.19. The number of furan rings is 1. The predicted octanol–water partition coefficient (Wildman–Crippen LogP) is 3.91. The minimum absolute atomic E-state index is 0.426. The van der Waals surface area contributed by atoms with Crippen molar-refractivity contribution in [1.82, 2.24) is 19.4 Å². The van der Waals surface area contributed by atoms with Gasteiger partial charge in [-0.3, -0.25) is 9.47 Å². The van der Waals surface area contributed by atoms with Crippen molar-refractivity contribution in [1.29, 1.82) is 0 Å². The Morgan fingerprint density at radius 3 is 2.50 bits per heavy atom. The van der Waals surface area contributed by atoms with Gasteiger partial charge in [0, 0.05) is 36.9 Å². The van der Waals surface area contributed by atoms with Crippen molar-refractivity contribution in [2.45, 2.75) is 39.9 Å². The van der Waals surface area contributed by atoms with Gasteiger partial charge in [-0.1, -0.05) is 13.8 Å². The Hall–Kier alpha value is -2.40. The van der Waals surface area contributed by atoms with Gasteiger partial charge in [-0.25, -0.2) is 9.97 Å². The quantitative estimate of drug-likeness (QED) is 0.661. The van der Waals surface area contributed by atoms with Gasteiger partial charge in [0.25, 0.3) is 0 Å². The second-order valence-corrected chi connectivity index (χ2v) is 6.39. The van der Waals surface area contributed by atoms with E-state index in [4.69, 9.17) is 4.42 Å². The van der Waals surface area contributed by atoms with E-state index in [1.54, 1.807) is 18.7 Å². The fraction of sp³-hybridized carbons (Fsp3) is 0.368. The van der Waals surface area contributed by atoms with Crippen molar-refractivity contribution in [3.05, 3.63) is 66.6 Å². The van der Waals surface area contributed by atoms with Gasteiger partial charge in [0.15, 0.2) is 0 Å². The molecule has 24 heavy (non-hydrogen) atoms. The third-order valence-electron chi connectivity index (χ3n) is 4.45. The molecule has 0 saturated carbocycles. The molecule has 0 aliphatic rings. The molecule has 3 heterocycles. The second kappa shape index (κ2) is 7.45. The van der Waals surface area contributed by atoms with E-state index in [0.29, 0.717) is 17.9 Å². The number of rotatable bonds is 7. The first kappa shape index (κ1) is 16.5. The van der Waals surface area contributed by atoms with E-state index < -0.39 is 0 Å². The van der Waals surface area contributed by atoms with Crippen LogP contribution in [-0.2, 0) is 13.1 Å². The summed E-state index contributed by atoms with van der Waals surface area (Å²) in [6, 6.07) is 10.4. The minimum Gasteiger partial charge on any atom is -0.468 e. The van der Waals surface area contributed by atoms with Crippen molar-refractivity contribution >= 4 is 0 Å². The molecule has 3 aromatic rings. The summed E-state index contributed by atoms with van der Waals surface area (Å²) in [4.78, 5) is 11.1. The predicted molar refractivity (Wildman–Crippen MR) is 93.6 cm³/mol. The molecule has 0 fully saturated rings. The fourth-order valence-electron chi connectivity index (χ4n) is 2.73. The third-order valence-corrected chi connectivity index (χ3v) is 4.45. The second-order valence-electron chi connectivity index (χ2n) is 6.39. The Balaban J connectivity index is 1.84. The summed E-state index contributed by atoms with van der Waals surface area (Å²) in [5.74, 6) is 2.24. The Labute approximate surface area is 143 Å². The minimum atomic E-state index is 0.426. The highest BCUT2D eigenvalue weighted by molar-refractivity contribution is 5.20. The zero-order valence-corrected chi connectivity index (χ0v) is 14.5. The van der Waals surface area contributed by atoms with Crippen LogP contribution in [0.15, 0.2) is 59.6 Å². The SMILES string of the molecule is CC(C)C(C)N(Cc1ccco1)Cc1cccn1-c1ncccn1. The molecule has 5 heteroatoms. The number of nitrogens with zero attached hydrogens (tertiary/aromatic N) is 4. The van der Waals surface area contributed by atoms with Crippen LogP contribution in [0.25, 0.3) is 5.95 Å². The van der Waals surface area contributed by atoms with Crippen molar-refractivity contribution in [3.63, 3.8) is 0 Å².